The fourth-order valence-electron chi connectivity index (χ4n) is 4.83. The number of nitrogens with one attached hydrogen (secondary N) is 1. The highest BCUT2D eigenvalue weighted by molar-refractivity contribution is 7.99. The van der Waals surface area contributed by atoms with Crippen molar-refractivity contribution in [2.75, 3.05) is 6.61 Å². The van der Waals surface area contributed by atoms with Crippen molar-refractivity contribution in [2.24, 2.45) is 0 Å². The quantitative estimate of drug-likeness (QED) is 0.244. The van der Waals surface area contributed by atoms with Gasteiger partial charge in [-0.25, -0.2) is 4.79 Å². The van der Waals surface area contributed by atoms with Crippen molar-refractivity contribution in [3.05, 3.63) is 113 Å². The van der Waals surface area contributed by atoms with Crippen LogP contribution in [0, 0.1) is 6.92 Å². The van der Waals surface area contributed by atoms with Gasteiger partial charge in [-0.15, -0.1) is 0 Å². The van der Waals surface area contributed by atoms with Gasteiger partial charge in [0.2, 0.25) is 0 Å². The molecule has 0 unspecified atom stereocenters. The number of alkyl carbamates (subject to hydrolysis) is 1. The third-order valence-corrected chi connectivity index (χ3v) is 7.98. The van der Waals surface area contributed by atoms with Crippen molar-refractivity contribution in [1.82, 2.24) is 10.3 Å². The largest absolute Gasteiger partial charge is 0.449 e. The predicted octanol–water partition coefficient (Wildman–Crippen LogP) is 7.41. The van der Waals surface area contributed by atoms with Crippen molar-refractivity contribution in [2.45, 2.75) is 35.4 Å². The van der Waals surface area contributed by atoms with Gasteiger partial charge in [0.25, 0.3) is 0 Å². The Bertz CT molecular complexity index is 1510. The summed E-state index contributed by atoms with van der Waals surface area (Å²) in [4.78, 5) is 28.9. The molecule has 1 heterocycles. The molecule has 0 radical (unpaired) electrons. The van der Waals surface area contributed by atoms with Crippen molar-refractivity contribution in [3.63, 3.8) is 0 Å². The zero-order valence-corrected chi connectivity index (χ0v) is 21.6. The summed E-state index contributed by atoms with van der Waals surface area (Å²) in [5, 5.41) is 2.51. The van der Waals surface area contributed by atoms with E-state index < -0.39 is 24.4 Å². The molecule has 3 aromatic carbocycles. The van der Waals surface area contributed by atoms with E-state index in [0.29, 0.717) is 21.6 Å². The molecular weight excluding hydrogens is 525 g/mol. The number of alkyl halides is 3. The van der Waals surface area contributed by atoms with Crippen molar-refractivity contribution >= 4 is 24.1 Å². The fourth-order valence-corrected chi connectivity index (χ4v) is 5.93. The van der Waals surface area contributed by atoms with Crippen LogP contribution >= 0.6 is 11.8 Å². The van der Waals surface area contributed by atoms with Gasteiger partial charge in [-0.3, -0.25) is 9.78 Å². The van der Waals surface area contributed by atoms with Gasteiger partial charge < -0.3 is 10.1 Å². The highest BCUT2D eigenvalue weighted by Gasteiger charge is 2.35. The number of benzene rings is 3. The lowest BCUT2D eigenvalue weighted by atomic mass is 9.98. The second kappa shape index (κ2) is 10.9. The summed E-state index contributed by atoms with van der Waals surface area (Å²) >= 11 is 1.01. The predicted molar refractivity (Wildman–Crippen MR) is 142 cm³/mol. The lowest BCUT2D eigenvalue weighted by Gasteiger charge is -2.20. The molecule has 0 bridgehead atoms. The molecule has 198 valence electrons. The molecule has 0 saturated heterocycles. The number of halogens is 3. The van der Waals surface area contributed by atoms with Gasteiger partial charge in [0.15, 0.2) is 6.29 Å². The van der Waals surface area contributed by atoms with Gasteiger partial charge in [0.1, 0.15) is 12.3 Å². The van der Waals surface area contributed by atoms with Gasteiger partial charge in [0.05, 0.1) is 5.56 Å². The number of rotatable bonds is 7. The van der Waals surface area contributed by atoms with Crippen LogP contribution in [0.1, 0.15) is 44.2 Å². The third-order valence-electron chi connectivity index (χ3n) is 6.64. The maximum absolute atomic E-state index is 14.0. The molecule has 1 N–H and O–H groups in total. The molecular formula is C30H23F3N2O3S. The molecule has 5 nitrogen and oxygen atoms in total. The van der Waals surface area contributed by atoms with Gasteiger partial charge in [-0.1, -0.05) is 66.4 Å². The lowest BCUT2D eigenvalue weighted by molar-refractivity contribution is -0.138. The van der Waals surface area contributed by atoms with Crippen molar-refractivity contribution in [1.29, 1.82) is 0 Å². The molecule has 1 aliphatic carbocycles. The number of aryl methyl sites for hydroxylation is 1. The van der Waals surface area contributed by atoms with Crippen molar-refractivity contribution in [3.8, 4) is 11.1 Å². The fraction of sp³-hybridized carbons (Fsp3) is 0.167. The molecule has 0 atom stereocenters. The lowest BCUT2D eigenvalue weighted by Crippen LogP contribution is -2.27. The first-order valence-electron chi connectivity index (χ1n) is 12.1. The molecule has 9 heteroatoms. The zero-order chi connectivity index (χ0) is 27.6. The van der Waals surface area contributed by atoms with Crippen LogP contribution in [-0.2, 0) is 17.5 Å². The van der Waals surface area contributed by atoms with E-state index in [1.807, 2.05) is 48.5 Å². The first-order valence-corrected chi connectivity index (χ1v) is 13.0. The average Bonchev–Trinajstić information content (AvgIpc) is 3.25. The molecule has 1 aliphatic rings. The van der Waals surface area contributed by atoms with Crippen LogP contribution in [0.2, 0.25) is 0 Å². The van der Waals surface area contributed by atoms with Gasteiger partial charge in [-0.05, 0) is 58.5 Å². The van der Waals surface area contributed by atoms with E-state index in [2.05, 4.69) is 10.3 Å². The Morgan fingerprint density at radius 2 is 1.67 bits per heavy atom. The maximum atomic E-state index is 14.0. The van der Waals surface area contributed by atoms with Crippen LogP contribution < -0.4 is 5.32 Å². The number of amides is 1. The molecule has 0 saturated carbocycles. The Kier molecular flexibility index (Phi) is 7.43. The number of carbonyl (C=O) groups is 2. The summed E-state index contributed by atoms with van der Waals surface area (Å²) in [6, 6.07) is 21.3. The molecule has 4 aromatic rings. The molecule has 1 aromatic heterocycles. The van der Waals surface area contributed by atoms with E-state index >= 15 is 0 Å². The summed E-state index contributed by atoms with van der Waals surface area (Å²) in [5.41, 5.74) is 3.92. The van der Waals surface area contributed by atoms with E-state index in [1.54, 1.807) is 19.1 Å². The maximum Gasteiger partial charge on any atom is 0.416 e. The second-order valence-corrected chi connectivity index (χ2v) is 10.1. The molecule has 1 amide bonds. The minimum absolute atomic E-state index is 0.0415. The Labute approximate surface area is 227 Å². The second-order valence-electron chi connectivity index (χ2n) is 9.02. The molecule has 5 rings (SSSR count). The average molecular weight is 549 g/mol. The number of pyridine rings is 1. The highest BCUT2D eigenvalue weighted by Crippen LogP contribution is 2.45. The number of hydrogen-bond donors (Lipinski definition) is 1. The van der Waals surface area contributed by atoms with E-state index in [9.17, 15) is 22.8 Å². The number of hydrogen-bond acceptors (Lipinski definition) is 5. The Hall–Kier alpha value is -4.11. The van der Waals surface area contributed by atoms with E-state index in [4.69, 9.17) is 4.74 Å². The minimum Gasteiger partial charge on any atom is -0.449 e. The van der Waals surface area contributed by atoms with Crippen LogP contribution in [0.4, 0.5) is 18.0 Å². The van der Waals surface area contributed by atoms with Gasteiger partial charge in [-0.2, -0.15) is 13.2 Å². The van der Waals surface area contributed by atoms with Crippen LogP contribution in [0.3, 0.4) is 0 Å². The Morgan fingerprint density at radius 1 is 1.00 bits per heavy atom. The first-order chi connectivity index (χ1) is 18.8. The summed E-state index contributed by atoms with van der Waals surface area (Å²) in [6.07, 6.45) is -3.48. The first kappa shape index (κ1) is 26.5. The summed E-state index contributed by atoms with van der Waals surface area (Å²) in [7, 11) is 0. The molecule has 0 spiro atoms. The molecule has 0 fully saturated rings. The number of nitrogens with zero attached hydrogens (tertiary/aromatic N) is 1. The minimum atomic E-state index is -4.65. The van der Waals surface area contributed by atoms with E-state index in [0.717, 1.165) is 40.1 Å². The van der Waals surface area contributed by atoms with Crippen molar-refractivity contribution < 1.29 is 27.5 Å². The van der Waals surface area contributed by atoms with Crippen LogP contribution in [0.25, 0.3) is 11.1 Å². The summed E-state index contributed by atoms with van der Waals surface area (Å²) < 4.78 is 47.5. The number of carbonyl (C=O) groups excluding carboxylic acids is 2. The smallest absolute Gasteiger partial charge is 0.416 e. The zero-order valence-electron chi connectivity index (χ0n) is 20.8. The number of fused-ring (bicyclic) bond motifs is 3. The SMILES string of the molecule is Cc1ccc(C(F)(F)F)c(CNC(=O)OCC2c3ccccc3-c3ccccc32)c1Sc1cccnc1C=O. The Morgan fingerprint density at radius 3 is 2.31 bits per heavy atom. The normalized spacial score (nSPS) is 12.5. The standard InChI is InChI=1S/C30H23F3N2O3S/c1-18-12-13-25(30(31,32)33)23(28(18)39-27-11-6-14-34-26(27)16-36)15-35-29(37)38-17-24-21-9-4-2-7-19(21)20-8-3-5-10-22(20)24/h2-14,16,24H,15,17H2,1H3,(H,35,37). The monoisotopic (exact) mass is 548 g/mol. The third kappa shape index (κ3) is 5.40. The summed E-state index contributed by atoms with van der Waals surface area (Å²) in [6.45, 7) is 1.31. The Balaban J connectivity index is 1.36. The topological polar surface area (TPSA) is 68.3 Å². The number of aromatic nitrogens is 1. The van der Waals surface area contributed by atoms with Crippen LogP contribution in [-0.4, -0.2) is 24.0 Å². The van der Waals surface area contributed by atoms with Gasteiger partial charge in [0, 0.05) is 28.5 Å². The summed E-state index contributed by atoms with van der Waals surface area (Å²) in [5.74, 6) is -0.175. The highest BCUT2D eigenvalue weighted by atomic mass is 32.2. The molecule has 0 aliphatic heterocycles. The van der Waals surface area contributed by atoms with E-state index in [1.165, 1.54) is 12.3 Å². The molecule has 39 heavy (non-hydrogen) atoms. The number of ether oxygens (including phenoxy) is 1. The van der Waals surface area contributed by atoms with Crippen LogP contribution in [0.15, 0.2) is 88.8 Å². The van der Waals surface area contributed by atoms with Crippen LogP contribution in [0.5, 0.6) is 0 Å². The number of aldehydes is 1. The van der Waals surface area contributed by atoms with Gasteiger partial charge >= 0.3 is 12.3 Å². The van der Waals surface area contributed by atoms with E-state index in [-0.39, 0.29) is 23.8 Å².